The number of amides is 1. The van der Waals surface area contributed by atoms with Crippen molar-refractivity contribution in [1.82, 2.24) is 0 Å². The maximum absolute atomic E-state index is 12.0. The van der Waals surface area contributed by atoms with Crippen LogP contribution in [-0.4, -0.2) is 25.3 Å². The summed E-state index contributed by atoms with van der Waals surface area (Å²) in [6, 6.07) is 24.4. The van der Waals surface area contributed by atoms with E-state index in [-0.39, 0.29) is 13.2 Å². The number of hydrogen-bond acceptors (Lipinski definition) is 5. The normalized spacial score (nSPS) is 10.0. The smallest absolute Gasteiger partial charge is 0.417 e. The van der Waals surface area contributed by atoms with Gasteiger partial charge in [-0.05, 0) is 48.5 Å². The Morgan fingerprint density at radius 1 is 0.714 bits per heavy atom. The Bertz CT molecular complexity index is 895. The van der Waals surface area contributed by atoms with Crippen molar-refractivity contribution >= 4 is 17.7 Å². The number of esters is 1. The van der Waals surface area contributed by atoms with Gasteiger partial charge in [0.2, 0.25) is 0 Å². The highest BCUT2D eigenvalue weighted by molar-refractivity contribution is 5.90. The highest BCUT2D eigenvalue weighted by atomic mass is 16.6. The first-order chi connectivity index (χ1) is 13.7. The number of carbonyl (C=O) groups excluding carboxylic acids is 2. The molecular weight excluding hydrogens is 358 g/mol. The third kappa shape index (κ3) is 5.88. The largest absolute Gasteiger partial charge is 0.490 e. The van der Waals surface area contributed by atoms with Crippen molar-refractivity contribution in [2.75, 3.05) is 18.5 Å². The van der Waals surface area contributed by atoms with Crippen molar-refractivity contribution in [1.29, 1.82) is 0 Å². The quantitative estimate of drug-likeness (QED) is 0.484. The lowest BCUT2D eigenvalue weighted by Crippen LogP contribution is -2.16. The first-order valence-electron chi connectivity index (χ1n) is 8.69. The molecule has 6 nitrogen and oxygen atoms in total. The molecule has 28 heavy (non-hydrogen) atoms. The molecule has 1 N–H and O–H groups in total. The zero-order chi connectivity index (χ0) is 19.6. The summed E-state index contributed by atoms with van der Waals surface area (Å²) < 4.78 is 15.8. The number of anilines is 1. The maximum Gasteiger partial charge on any atom is 0.417 e. The molecule has 0 atom stereocenters. The topological polar surface area (TPSA) is 73.9 Å². The van der Waals surface area contributed by atoms with E-state index in [1.807, 2.05) is 36.4 Å². The summed E-state index contributed by atoms with van der Waals surface area (Å²) in [5.41, 5.74) is 0.987. The van der Waals surface area contributed by atoms with Crippen LogP contribution in [0.2, 0.25) is 0 Å². The Labute approximate surface area is 162 Å². The van der Waals surface area contributed by atoms with Gasteiger partial charge in [-0.15, -0.1) is 0 Å². The minimum atomic E-state index is -0.611. The molecule has 6 heteroatoms. The van der Waals surface area contributed by atoms with Crippen molar-refractivity contribution in [2.24, 2.45) is 0 Å². The molecule has 3 aromatic rings. The van der Waals surface area contributed by atoms with E-state index in [0.29, 0.717) is 22.7 Å². The van der Waals surface area contributed by atoms with Crippen LogP contribution in [0.3, 0.4) is 0 Å². The molecule has 0 fully saturated rings. The van der Waals surface area contributed by atoms with Crippen molar-refractivity contribution < 1.29 is 23.8 Å². The maximum atomic E-state index is 12.0. The SMILES string of the molecule is O=C(Nc1ccccc1)Oc1ccc(C(=O)OCCOc2ccccc2)cc1. The van der Waals surface area contributed by atoms with Crippen LogP contribution >= 0.6 is 0 Å². The number of rotatable bonds is 7. The van der Waals surface area contributed by atoms with Gasteiger partial charge in [0.15, 0.2) is 0 Å². The molecule has 142 valence electrons. The Hall–Kier alpha value is -3.80. The average Bonchev–Trinajstić information content (AvgIpc) is 2.73. The van der Waals surface area contributed by atoms with Gasteiger partial charge in [-0.1, -0.05) is 36.4 Å². The molecular formula is C22H19NO5. The summed E-state index contributed by atoms with van der Waals surface area (Å²) in [5, 5.41) is 2.61. The second-order valence-corrected chi connectivity index (χ2v) is 5.70. The van der Waals surface area contributed by atoms with Crippen LogP contribution < -0.4 is 14.8 Å². The van der Waals surface area contributed by atoms with Gasteiger partial charge < -0.3 is 14.2 Å². The fourth-order valence-electron chi connectivity index (χ4n) is 2.32. The minimum absolute atomic E-state index is 0.130. The van der Waals surface area contributed by atoms with Gasteiger partial charge in [0.1, 0.15) is 24.7 Å². The first-order valence-corrected chi connectivity index (χ1v) is 8.69. The summed E-state index contributed by atoms with van der Waals surface area (Å²) >= 11 is 0. The monoisotopic (exact) mass is 377 g/mol. The molecule has 0 aromatic heterocycles. The number of nitrogens with one attached hydrogen (secondary N) is 1. The van der Waals surface area contributed by atoms with Gasteiger partial charge in [-0.3, -0.25) is 5.32 Å². The van der Waals surface area contributed by atoms with Gasteiger partial charge >= 0.3 is 12.1 Å². The fourth-order valence-corrected chi connectivity index (χ4v) is 2.32. The lowest BCUT2D eigenvalue weighted by atomic mass is 10.2. The summed E-state index contributed by atoms with van der Waals surface area (Å²) in [7, 11) is 0. The van der Waals surface area contributed by atoms with Gasteiger partial charge in [0.05, 0.1) is 5.56 Å². The van der Waals surface area contributed by atoms with Crippen LogP contribution in [-0.2, 0) is 4.74 Å². The van der Waals surface area contributed by atoms with Crippen LogP contribution in [0.25, 0.3) is 0 Å². The van der Waals surface area contributed by atoms with Crippen LogP contribution in [0.5, 0.6) is 11.5 Å². The van der Waals surface area contributed by atoms with Crippen LogP contribution in [0.4, 0.5) is 10.5 Å². The van der Waals surface area contributed by atoms with E-state index in [0.717, 1.165) is 0 Å². The first kappa shape index (κ1) is 19.0. The molecule has 0 bridgehead atoms. The standard InChI is InChI=1S/C22H19NO5/c24-21(27-16-15-26-19-9-5-2-6-10-19)17-11-13-20(14-12-17)28-22(25)23-18-7-3-1-4-8-18/h1-14H,15-16H2,(H,23,25). The van der Waals surface area contributed by atoms with E-state index in [9.17, 15) is 9.59 Å². The molecule has 0 unspecified atom stereocenters. The second-order valence-electron chi connectivity index (χ2n) is 5.70. The molecule has 0 spiro atoms. The Morgan fingerprint density at radius 2 is 1.36 bits per heavy atom. The van der Waals surface area contributed by atoms with Crippen LogP contribution in [0.15, 0.2) is 84.9 Å². The lowest BCUT2D eigenvalue weighted by molar-refractivity contribution is 0.0450. The molecule has 0 heterocycles. The van der Waals surface area contributed by atoms with Gasteiger partial charge in [-0.2, -0.15) is 0 Å². The van der Waals surface area contributed by atoms with E-state index < -0.39 is 12.1 Å². The van der Waals surface area contributed by atoms with E-state index in [1.165, 1.54) is 24.3 Å². The molecule has 3 rings (SSSR count). The molecule has 1 amide bonds. The third-order valence-corrected chi connectivity index (χ3v) is 3.65. The molecule has 3 aromatic carbocycles. The predicted octanol–water partition coefficient (Wildman–Crippen LogP) is 4.53. The molecule has 0 saturated carbocycles. The number of carbonyl (C=O) groups is 2. The molecule has 0 aliphatic rings. The molecule has 0 saturated heterocycles. The summed E-state index contributed by atoms with van der Waals surface area (Å²) in [5.74, 6) is 0.558. The average molecular weight is 377 g/mol. The van der Waals surface area contributed by atoms with Gasteiger partial charge in [0.25, 0.3) is 0 Å². The number of benzene rings is 3. The molecule has 0 radical (unpaired) electrons. The highest BCUT2D eigenvalue weighted by Gasteiger charge is 2.09. The fraction of sp³-hybridized carbons (Fsp3) is 0.0909. The lowest BCUT2D eigenvalue weighted by Gasteiger charge is -2.08. The second kappa shape index (κ2) is 9.78. The van der Waals surface area contributed by atoms with Crippen molar-refractivity contribution in [3.05, 3.63) is 90.5 Å². The zero-order valence-electron chi connectivity index (χ0n) is 15.0. The Morgan fingerprint density at radius 3 is 2.04 bits per heavy atom. The van der Waals surface area contributed by atoms with Crippen molar-refractivity contribution in [3.8, 4) is 11.5 Å². The van der Waals surface area contributed by atoms with E-state index in [4.69, 9.17) is 14.2 Å². The summed E-state index contributed by atoms with van der Waals surface area (Å²) in [6.45, 7) is 0.391. The molecule has 0 aliphatic heterocycles. The van der Waals surface area contributed by atoms with Crippen molar-refractivity contribution in [3.63, 3.8) is 0 Å². The van der Waals surface area contributed by atoms with Crippen LogP contribution in [0.1, 0.15) is 10.4 Å². The molecule has 0 aliphatic carbocycles. The van der Waals surface area contributed by atoms with Crippen molar-refractivity contribution in [2.45, 2.75) is 0 Å². The zero-order valence-corrected chi connectivity index (χ0v) is 15.0. The number of hydrogen-bond donors (Lipinski definition) is 1. The van der Waals surface area contributed by atoms with Crippen LogP contribution in [0, 0.1) is 0 Å². The summed E-state index contributed by atoms with van der Waals surface area (Å²) in [4.78, 5) is 23.9. The Balaban J connectivity index is 1.42. The van der Waals surface area contributed by atoms with Gasteiger partial charge in [-0.25, -0.2) is 9.59 Å². The van der Waals surface area contributed by atoms with E-state index in [2.05, 4.69) is 5.32 Å². The van der Waals surface area contributed by atoms with Gasteiger partial charge in [0, 0.05) is 5.69 Å². The Kier molecular flexibility index (Phi) is 6.62. The van der Waals surface area contributed by atoms with E-state index >= 15 is 0 Å². The third-order valence-electron chi connectivity index (χ3n) is 3.65. The predicted molar refractivity (Wildman–Crippen MR) is 105 cm³/mol. The minimum Gasteiger partial charge on any atom is -0.490 e. The highest BCUT2D eigenvalue weighted by Crippen LogP contribution is 2.15. The number of ether oxygens (including phenoxy) is 3. The summed E-state index contributed by atoms with van der Waals surface area (Å²) in [6.07, 6.45) is -0.611. The van der Waals surface area contributed by atoms with E-state index in [1.54, 1.807) is 24.3 Å². The number of para-hydroxylation sites is 2.